The highest BCUT2D eigenvalue weighted by atomic mass is 16.3. The molecule has 27 heavy (non-hydrogen) atoms. The van der Waals surface area contributed by atoms with Gasteiger partial charge in [0.1, 0.15) is 0 Å². The van der Waals surface area contributed by atoms with Gasteiger partial charge in [-0.1, -0.05) is 6.58 Å². The summed E-state index contributed by atoms with van der Waals surface area (Å²) in [5.74, 6) is 0.646. The lowest BCUT2D eigenvalue weighted by Crippen LogP contribution is -2.48. The van der Waals surface area contributed by atoms with Crippen molar-refractivity contribution in [3.8, 4) is 11.3 Å². The number of aliphatic hydroxyl groups is 1. The molecule has 3 rings (SSSR count). The zero-order chi connectivity index (χ0) is 19.7. The summed E-state index contributed by atoms with van der Waals surface area (Å²) in [6.07, 6.45) is 8.42. The molecule has 0 saturated carbocycles. The molecule has 1 unspecified atom stereocenters. The van der Waals surface area contributed by atoms with Crippen LogP contribution in [0.25, 0.3) is 11.3 Å². The molecule has 0 aliphatic carbocycles. The SMILES string of the molecule is C=C1CC(Nc2nccc(-c3ccn(CCC(C)(C)O)c3)n2)CC(C)(C)N1. The number of nitrogens with one attached hydrogen (secondary N) is 2. The van der Waals surface area contributed by atoms with E-state index in [9.17, 15) is 5.11 Å². The van der Waals surface area contributed by atoms with Crippen molar-refractivity contribution >= 4 is 5.95 Å². The van der Waals surface area contributed by atoms with E-state index in [4.69, 9.17) is 4.98 Å². The minimum absolute atomic E-state index is 0.0162. The average Bonchev–Trinajstić information content (AvgIpc) is 2.99. The van der Waals surface area contributed by atoms with E-state index in [1.54, 1.807) is 6.20 Å². The standard InChI is InChI=1S/C21H31N5O/c1-15-12-17(13-20(2,3)25-15)23-19-22-9-6-18(24-19)16-7-10-26(14-16)11-8-21(4,5)27/h6-7,9-10,14,17,25,27H,1,8,11-13H2,2-5H3,(H,22,23,24). The predicted molar refractivity (Wildman–Crippen MR) is 109 cm³/mol. The second-order valence-electron chi connectivity index (χ2n) is 8.83. The molecule has 6 nitrogen and oxygen atoms in total. The van der Waals surface area contributed by atoms with Crippen LogP contribution in [0.15, 0.2) is 43.0 Å². The molecular formula is C21H31N5O. The van der Waals surface area contributed by atoms with Gasteiger partial charge < -0.3 is 20.3 Å². The molecule has 2 aromatic heterocycles. The number of nitrogens with zero attached hydrogens (tertiary/aromatic N) is 3. The molecule has 1 aliphatic rings. The third kappa shape index (κ3) is 5.57. The van der Waals surface area contributed by atoms with Crippen molar-refractivity contribution in [1.82, 2.24) is 19.9 Å². The third-order valence-electron chi connectivity index (χ3n) is 4.78. The number of piperidine rings is 1. The van der Waals surface area contributed by atoms with Crippen LogP contribution in [-0.2, 0) is 6.54 Å². The fourth-order valence-corrected chi connectivity index (χ4v) is 3.57. The first-order valence-electron chi connectivity index (χ1n) is 9.54. The van der Waals surface area contributed by atoms with Crippen molar-refractivity contribution in [2.24, 2.45) is 0 Å². The van der Waals surface area contributed by atoms with Gasteiger partial charge in [-0.3, -0.25) is 0 Å². The van der Waals surface area contributed by atoms with Gasteiger partial charge in [-0.2, -0.15) is 0 Å². The second kappa shape index (κ2) is 7.35. The Morgan fingerprint density at radius 1 is 1.41 bits per heavy atom. The fraction of sp³-hybridized carbons (Fsp3) is 0.524. The van der Waals surface area contributed by atoms with Gasteiger partial charge in [-0.15, -0.1) is 0 Å². The molecule has 3 N–H and O–H groups in total. The smallest absolute Gasteiger partial charge is 0.223 e. The third-order valence-corrected chi connectivity index (χ3v) is 4.78. The normalized spacial score (nSPS) is 19.6. The molecule has 6 heteroatoms. The lowest BCUT2D eigenvalue weighted by Gasteiger charge is -2.38. The summed E-state index contributed by atoms with van der Waals surface area (Å²) in [5, 5.41) is 16.8. The highest BCUT2D eigenvalue weighted by Crippen LogP contribution is 2.26. The van der Waals surface area contributed by atoms with Gasteiger partial charge in [0.2, 0.25) is 5.95 Å². The van der Waals surface area contributed by atoms with Gasteiger partial charge in [0.25, 0.3) is 0 Å². The first kappa shape index (κ1) is 19.4. The van der Waals surface area contributed by atoms with E-state index in [1.165, 1.54) is 0 Å². The first-order valence-corrected chi connectivity index (χ1v) is 9.54. The Balaban J connectivity index is 1.69. The zero-order valence-corrected chi connectivity index (χ0v) is 16.8. The molecule has 0 amide bonds. The maximum Gasteiger partial charge on any atom is 0.223 e. The Kier molecular flexibility index (Phi) is 5.29. The Morgan fingerprint density at radius 2 is 2.19 bits per heavy atom. The lowest BCUT2D eigenvalue weighted by atomic mass is 9.88. The van der Waals surface area contributed by atoms with Crippen molar-refractivity contribution in [2.45, 2.75) is 70.7 Å². The molecule has 1 aliphatic heterocycles. The fourth-order valence-electron chi connectivity index (χ4n) is 3.57. The quantitative estimate of drug-likeness (QED) is 0.726. The number of anilines is 1. The summed E-state index contributed by atoms with van der Waals surface area (Å²) < 4.78 is 2.09. The van der Waals surface area contributed by atoms with Gasteiger partial charge in [-0.05, 0) is 52.7 Å². The molecule has 0 radical (unpaired) electrons. The number of aromatic nitrogens is 3. The van der Waals surface area contributed by atoms with E-state index < -0.39 is 5.60 Å². The van der Waals surface area contributed by atoms with E-state index in [2.05, 4.69) is 46.8 Å². The van der Waals surface area contributed by atoms with Crippen LogP contribution in [0.4, 0.5) is 5.95 Å². The van der Waals surface area contributed by atoms with Crippen molar-refractivity contribution in [3.63, 3.8) is 0 Å². The van der Waals surface area contributed by atoms with Crippen LogP contribution in [0.1, 0.15) is 47.0 Å². The summed E-state index contributed by atoms with van der Waals surface area (Å²) >= 11 is 0. The van der Waals surface area contributed by atoms with Gasteiger partial charge in [0.15, 0.2) is 0 Å². The molecule has 146 valence electrons. The number of hydrogen-bond acceptors (Lipinski definition) is 5. The van der Waals surface area contributed by atoms with Crippen LogP contribution in [0.3, 0.4) is 0 Å². The van der Waals surface area contributed by atoms with E-state index in [0.717, 1.165) is 36.3 Å². The van der Waals surface area contributed by atoms with Crippen molar-refractivity contribution in [2.75, 3.05) is 5.32 Å². The maximum atomic E-state index is 9.90. The molecule has 1 fully saturated rings. The summed E-state index contributed by atoms with van der Waals surface area (Å²) in [6.45, 7) is 12.9. The van der Waals surface area contributed by atoms with Crippen LogP contribution < -0.4 is 10.6 Å². The number of aryl methyl sites for hydroxylation is 1. The molecular weight excluding hydrogens is 338 g/mol. The van der Waals surface area contributed by atoms with Crippen molar-refractivity contribution in [3.05, 3.63) is 43.0 Å². The average molecular weight is 370 g/mol. The van der Waals surface area contributed by atoms with Gasteiger partial charge >= 0.3 is 0 Å². The van der Waals surface area contributed by atoms with Gasteiger partial charge in [0.05, 0.1) is 11.3 Å². The molecule has 3 heterocycles. The minimum atomic E-state index is -0.664. The van der Waals surface area contributed by atoms with Crippen LogP contribution in [-0.4, -0.2) is 36.8 Å². The summed E-state index contributed by atoms with van der Waals surface area (Å²) in [5.41, 5.74) is 2.34. The Labute approximate surface area is 161 Å². The zero-order valence-electron chi connectivity index (χ0n) is 16.8. The van der Waals surface area contributed by atoms with Crippen molar-refractivity contribution in [1.29, 1.82) is 0 Å². The number of rotatable bonds is 6. The minimum Gasteiger partial charge on any atom is -0.390 e. The van der Waals surface area contributed by atoms with Crippen LogP contribution in [0, 0.1) is 0 Å². The van der Waals surface area contributed by atoms with E-state index in [-0.39, 0.29) is 11.6 Å². The van der Waals surface area contributed by atoms with E-state index in [0.29, 0.717) is 12.4 Å². The van der Waals surface area contributed by atoms with Gasteiger partial charge in [-0.25, -0.2) is 9.97 Å². The topological polar surface area (TPSA) is 75.0 Å². The summed E-state index contributed by atoms with van der Waals surface area (Å²) in [4.78, 5) is 9.09. The highest BCUT2D eigenvalue weighted by molar-refractivity contribution is 5.59. The van der Waals surface area contributed by atoms with Crippen LogP contribution in [0.2, 0.25) is 0 Å². The molecule has 0 spiro atoms. The highest BCUT2D eigenvalue weighted by Gasteiger charge is 2.29. The van der Waals surface area contributed by atoms with E-state index in [1.807, 2.05) is 32.2 Å². The maximum absolute atomic E-state index is 9.90. The Bertz CT molecular complexity index is 803. The largest absolute Gasteiger partial charge is 0.390 e. The van der Waals surface area contributed by atoms with Crippen LogP contribution >= 0.6 is 0 Å². The van der Waals surface area contributed by atoms with E-state index >= 15 is 0 Å². The lowest BCUT2D eigenvalue weighted by molar-refractivity contribution is 0.0662. The summed E-state index contributed by atoms with van der Waals surface area (Å²) in [7, 11) is 0. The monoisotopic (exact) mass is 369 g/mol. The molecule has 1 atom stereocenters. The Morgan fingerprint density at radius 3 is 2.89 bits per heavy atom. The van der Waals surface area contributed by atoms with Crippen molar-refractivity contribution < 1.29 is 5.11 Å². The number of hydrogen-bond donors (Lipinski definition) is 3. The molecule has 1 saturated heterocycles. The van der Waals surface area contributed by atoms with Gasteiger partial charge in [0, 0.05) is 54.4 Å². The predicted octanol–water partition coefficient (Wildman–Crippen LogP) is 3.56. The Hall–Kier alpha value is -2.34. The molecule has 0 aromatic carbocycles. The first-order chi connectivity index (χ1) is 12.6. The summed E-state index contributed by atoms with van der Waals surface area (Å²) in [6, 6.07) is 4.23. The molecule has 0 bridgehead atoms. The molecule has 2 aromatic rings. The van der Waals surface area contributed by atoms with Crippen LogP contribution in [0.5, 0.6) is 0 Å². The second-order valence-corrected chi connectivity index (χ2v) is 8.83.